The SMILES string of the molecule is CCCCCNC(=O)Nc1ccccc1CC(C)OCCCn1cnc(-c2ccccc2)c1C. The van der Waals surface area contributed by atoms with E-state index in [1.165, 1.54) is 5.69 Å². The zero-order chi connectivity index (χ0) is 24.2. The third-order valence-corrected chi connectivity index (χ3v) is 5.93. The molecule has 1 aromatic heterocycles. The summed E-state index contributed by atoms with van der Waals surface area (Å²) in [5.41, 5.74) is 5.27. The summed E-state index contributed by atoms with van der Waals surface area (Å²) < 4.78 is 8.28. The number of benzene rings is 2. The number of anilines is 1. The number of carbonyl (C=O) groups excluding carboxylic acids is 1. The average molecular weight is 463 g/mol. The number of para-hydroxylation sites is 1. The molecule has 6 heteroatoms. The summed E-state index contributed by atoms with van der Waals surface area (Å²) in [4.78, 5) is 16.8. The molecule has 1 heterocycles. The molecule has 0 fully saturated rings. The van der Waals surface area contributed by atoms with Gasteiger partial charge in [-0.05, 0) is 38.3 Å². The number of urea groups is 1. The third-order valence-electron chi connectivity index (χ3n) is 5.93. The molecule has 0 spiro atoms. The molecule has 2 N–H and O–H groups in total. The van der Waals surface area contributed by atoms with Crippen LogP contribution in [0.15, 0.2) is 60.9 Å². The largest absolute Gasteiger partial charge is 0.378 e. The highest BCUT2D eigenvalue weighted by Gasteiger charge is 2.11. The van der Waals surface area contributed by atoms with E-state index in [9.17, 15) is 4.79 Å². The summed E-state index contributed by atoms with van der Waals surface area (Å²) in [6.07, 6.45) is 6.89. The van der Waals surface area contributed by atoms with Crippen molar-refractivity contribution in [3.05, 3.63) is 72.2 Å². The first-order valence-corrected chi connectivity index (χ1v) is 12.4. The Morgan fingerprint density at radius 3 is 2.62 bits per heavy atom. The smallest absolute Gasteiger partial charge is 0.319 e. The van der Waals surface area contributed by atoms with E-state index in [0.29, 0.717) is 13.2 Å². The van der Waals surface area contributed by atoms with E-state index in [0.717, 1.165) is 61.2 Å². The Labute approximate surface area is 203 Å². The quantitative estimate of drug-likeness (QED) is 0.297. The van der Waals surface area contributed by atoms with Gasteiger partial charge in [-0.3, -0.25) is 0 Å². The minimum absolute atomic E-state index is 0.0549. The summed E-state index contributed by atoms with van der Waals surface area (Å²) in [5.74, 6) is 0. The molecule has 3 aromatic rings. The standard InChI is InChI=1S/C28H38N4O2/c1-4-5-11-17-29-28(33)31-26-16-10-9-15-25(26)20-22(2)34-19-12-18-32-21-30-27(23(32)3)24-13-7-6-8-14-24/h6-10,13-16,21-22H,4-5,11-12,17-20H2,1-3H3,(H2,29,31,33). The van der Waals surface area contributed by atoms with Crippen molar-refractivity contribution >= 4 is 11.7 Å². The number of aromatic nitrogens is 2. The second-order valence-electron chi connectivity index (χ2n) is 8.72. The van der Waals surface area contributed by atoms with Crippen LogP contribution in [0, 0.1) is 6.92 Å². The molecular weight excluding hydrogens is 424 g/mol. The number of ether oxygens (including phenoxy) is 1. The molecule has 182 valence electrons. The van der Waals surface area contributed by atoms with Crippen molar-refractivity contribution in [1.82, 2.24) is 14.9 Å². The van der Waals surface area contributed by atoms with Gasteiger partial charge in [0, 0.05) is 43.1 Å². The van der Waals surface area contributed by atoms with E-state index in [2.05, 4.69) is 53.1 Å². The van der Waals surface area contributed by atoms with Gasteiger partial charge in [0.1, 0.15) is 0 Å². The van der Waals surface area contributed by atoms with Gasteiger partial charge in [-0.25, -0.2) is 9.78 Å². The van der Waals surface area contributed by atoms with Gasteiger partial charge in [-0.2, -0.15) is 0 Å². The van der Waals surface area contributed by atoms with Crippen LogP contribution < -0.4 is 10.6 Å². The van der Waals surface area contributed by atoms with Crippen molar-refractivity contribution in [2.45, 2.75) is 65.5 Å². The second-order valence-corrected chi connectivity index (χ2v) is 8.72. The fourth-order valence-electron chi connectivity index (χ4n) is 4.00. The maximum atomic E-state index is 12.2. The van der Waals surface area contributed by atoms with Gasteiger partial charge >= 0.3 is 6.03 Å². The normalized spacial score (nSPS) is 11.9. The van der Waals surface area contributed by atoms with Crippen LogP contribution in [0.4, 0.5) is 10.5 Å². The maximum absolute atomic E-state index is 12.2. The molecule has 2 amide bonds. The van der Waals surface area contributed by atoms with Crippen molar-refractivity contribution in [1.29, 1.82) is 0 Å². The van der Waals surface area contributed by atoms with Gasteiger partial charge in [0.15, 0.2) is 0 Å². The minimum Gasteiger partial charge on any atom is -0.378 e. The number of hydrogen-bond donors (Lipinski definition) is 2. The van der Waals surface area contributed by atoms with Crippen molar-refractivity contribution in [3.8, 4) is 11.3 Å². The second kappa shape index (κ2) is 13.6. The molecule has 0 aliphatic heterocycles. The number of amides is 2. The van der Waals surface area contributed by atoms with E-state index < -0.39 is 0 Å². The van der Waals surface area contributed by atoms with E-state index in [1.54, 1.807) is 0 Å². The highest BCUT2D eigenvalue weighted by molar-refractivity contribution is 5.90. The molecule has 3 rings (SSSR count). The first kappa shape index (κ1) is 25.5. The van der Waals surface area contributed by atoms with Crippen LogP contribution in [0.2, 0.25) is 0 Å². The number of rotatable bonds is 13. The highest BCUT2D eigenvalue weighted by Crippen LogP contribution is 2.21. The van der Waals surface area contributed by atoms with Crippen molar-refractivity contribution in [2.75, 3.05) is 18.5 Å². The molecule has 1 unspecified atom stereocenters. The Hall–Kier alpha value is -3.12. The van der Waals surface area contributed by atoms with Crippen LogP contribution in [-0.2, 0) is 17.7 Å². The first-order valence-electron chi connectivity index (χ1n) is 12.4. The van der Waals surface area contributed by atoms with Gasteiger partial charge in [0.25, 0.3) is 0 Å². The molecule has 0 aliphatic carbocycles. The van der Waals surface area contributed by atoms with Gasteiger partial charge in [-0.1, -0.05) is 68.3 Å². The molecule has 0 radical (unpaired) electrons. The topological polar surface area (TPSA) is 68.2 Å². The van der Waals surface area contributed by atoms with E-state index in [1.807, 2.05) is 48.8 Å². The predicted octanol–water partition coefficient (Wildman–Crippen LogP) is 6.21. The van der Waals surface area contributed by atoms with Crippen LogP contribution in [0.1, 0.15) is 50.8 Å². The van der Waals surface area contributed by atoms with E-state index in [4.69, 9.17) is 4.74 Å². The van der Waals surface area contributed by atoms with Crippen LogP contribution >= 0.6 is 0 Å². The summed E-state index contributed by atoms with van der Waals surface area (Å²) >= 11 is 0. The zero-order valence-electron chi connectivity index (χ0n) is 20.7. The molecule has 1 atom stereocenters. The molecule has 6 nitrogen and oxygen atoms in total. The van der Waals surface area contributed by atoms with Gasteiger partial charge in [-0.15, -0.1) is 0 Å². The van der Waals surface area contributed by atoms with Crippen LogP contribution in [0.25, 0.3) is 11.3 Å². The fourth-order valence-corrected chi connectivity index (χ4v) is 4.00. The van der Waals surface area contributed by atoms with Crippen molar-refractivity contribution < 1.29 is 9.53 Å². The first-order chi connectivity index (χ1) is 16.6. The van der Waals surface area contributed by atoms with Crippen LogP contribution in [-0.4, -0.2) is 34.8 Å². The number of carbonyl (C=O) groups is 1. The number of aryl methyl sites for hydroxylation is 1. The van der Waals surface area contributed by atoms with E-state index >= 15 is 0 Å². The molecule has 0 saturated carbocycles. The third kappa shape index (κ3) is 7.73. The van der Waals surface area contributed by atoms with Crippen LogP contribution in [0.5, 0.6) is 0 Å². The average Bonchev–Trinajstić information content (AvgIpc) is 3.21. The Kier molecular flexibility index (Phi) is 10.2. The number of nitrogens with zero attached hydrogens (tertiary/aromatic N) is 2. The molecule has 2 aromatic carbocycles. The molecule has 34 heavy (non-hydrogen) atoms. The van der Waals surface area contributed by atoms with Gasteiger partial charge < -0.3 is 19.9 Å². The number of unbranched alkanes of at least 4 members (excludes halogenated alkanes) is 2. The van der Waals surface area contributed by atoms with Crippen LogP contribution in [0.3, 0.4) is 0 Å². The monoisotopic (exact) mass is 462 g/mol. The van der Waals surface area contributed by atoms with E-state index in [-0.39, 0.29) is 12.1 Å². The maximum Gasteiger partial charge on any atom is 0.319 e. The lowest BCUT2D eigenvalue weighted by Crippen LogP contribution is -2.30. The van der Waals surface area contributed by atoms with Gasteiger partial charge in [0.05, 0.1) is 18.1 Å². The molecule has 0 aliphatic rings. The number of hydrogen-bond acceptors (Lipinski definition) is 3. The lowest BCUT2D eigenvalue weighted by molar-refractivity contribution is 0.0627. The Morgan fingerprint density at radius 1 is 1.06 bits per heavy atom. The Balaban J connectivity index is 1.43. The Bertz CT molecular complexity index is 1020. The summed E-state index contributed by atoms with van der Waals surface area (Å²) in [6.45, 7) is 8.59. The zero-order valence-corrected chi connectivity index (χ0v) is 20.7. The Morgan fingerprint density at radius 2 is 1.82 bits per heavy atom. The molecular formula is C28H38N4O2. The lowest BCUT2D eigenvalue weighted by Gasteiger charge is -2.17. The lowest BCUT2D eigenvalue weighted by atomic mass is 10.1. The predicted molar refractivity (Wildman–Crippen MR) is 139 cm³/mol. The number of nitrogens with one attached hydrogen (secondary N) is 2. The fraction of sp³-hybridized carbons (Fsp3) is 0.429. The summed E-state index contributed by atoms with van der Waals surface area (Å²) in [6, 6.07) is 18.1. The minimum atomic E-state index is -0.150. The highest BCUT2D eigenvalue weighted by atomic mass is 16.5. The summed E-state index contributed by atoms with van der Waals surface area (Å²) in [5, 5.41) is 5.92. The van der Waals surface area contributed by atoms with Crippen molar-refractivity contribution in [2.24, 2.45) is 0 Å². The van der Waals surface area contributed by atoms with Gasteiger partial charge in [0.2, 0.25) is 0 Å². The number of imidazole rings is 1. The van der Waals surface area contributed by atoms with Crippen molar-refractivity contribution in [3.63, 3.8) is 0 Å². The molecule has 0 saturated heterocycles. The molecule has 0 bridgehead atoms. The summed E-state index contributed by atoms with van der Waals surface area (Å²) in [7, 11) is 0.